The first-order valence-electron chi connectivity index (χ1n) is 12.8. The van der Waals surface area contributed by atoms with E-state index in [0.29, 0.717) is 21.9 Å². The molecule has 1 fully saturated rings. The Balaban J connectivity index is 1.36. The summed E-state index contributed by atoms with van der Waals surface area (Å²) in [5.74, 6) is -1.52. The van der Waals surface area contributed by atoms with Crippen LogP contribution in [-0.2, 0) is 14.3 Å². The van der Waals surface area contributed by atoms with Crippen LogP contribution in [0.3, 0.4) is 0 Å². The maximum Gasteiger partial charge on any atom is 0.345 e. The Morgan fingerprint density at radius 1 is 1.10 bits per heavy atom. The van der Waals surface area contributed by atoms with Crippen LogP contribution in [0.5, 0.6) is 11.5 Å². The molecule has 1 saturated heterocycles. The van der Waals surface area contributed by atoms with Gasteiger partial charge in [0.25, 0.3) is 5.91 Å². The lowest BCUT2D eigenvalue weighted by atomic mass is 10.1. The quantitative estimate of drug-likeness (QED) is 0.194. The van der Waals surface area contributed by atoms with Crippen molar-refractivity contribution in [1.82, 2.24) is 15.5 Å². The minimum Gasteiger partial charge on any atom is -0.457 e. The monoisotopic (exact) mass is 603 g/mol. The van der Waals surface area contributed by atoms with Gasteiger partial charge in [0.2, 0.25) is 11.8 Å². The number of nitrogens with two attached hydrogens (primary N) is 1. The molecular weight excluding hydrogens is 575 g/mol. The van der Waals surface area contributed by atoms with E-state index in [-0.39, 0.29) is 24.4 Å². The summed E-state index contributed by atoms with van der Waals surface area (Å²) in [5.41, 5.74) is 6.22. The van der Waals surface area contributed by atoms with Crippen molar-refractivity contribution in [2.45, 2.75) is 38.1 Å². The molecule has 0 spiro atoms. The summed E-state index contributed by atoms with van der Waals surface area (Å²) >= 11 is 1.29. The Bertz CT molecular complexity index is 1430. The van der Waals surface area contributed by atoms with E-state index in [1.165, 1.54) is 59.9 Å². The molecule has 0 aliphatic carbocycles. The van der Waals surface area contributed by atoms with Crippen LogP contribution in [0, 0.1) is 11.2 Å². The molecule has 0 radical (unpaired) electrons. The summed E-state index contributed by atoms with van der Waals surface area (Å²) in [6.45, 7) is -2.12. The van der Waals surface area contributed by atoms with Gasteiger partial charge in [-0.3, -0.25) is 19.8 Å². The predicted molar refractivity (Wildman–Crippen MR) is 148 cm³/mol. The Labute approximate surface area is 243 Å². The highest BCUT2D eigenvalue weighted by Crippen LogP contribution is 2.26. The predicted octanol–water partition coefficient (Wildman–Crippen LogP) is 3.78. The lowest BCUT2D eigenvalue weighted by Crippen LogP contribution is -2.49. The number of nitrogens with one attached hydrogen (secondary N) is 3. The molecule has 0 saturated carbocycles. The molecule has 3 atom stereocenters. The molecule has 4 rings (SSSR count). The number of nitrogen functional groups attached to an aromatic ring is 1. The lowest BCUT2D eigenvalue weighted by molar-refractivity contribution is -0.160. The third-order valence-corrected chi connectivity index (χ3v) is 7.58. The maximum atomic E-state index is 13.1. The van der Waals surface area contributed by atoms with Gasteiger partial charge in [-0.15, -0.1) is 11.3 Å². The number of carbonyl (C=O) groups is 3. The number of benzene rings is 2. The molecule has 2 heterocycles. The van der Waals surface area contributed by atoms with E-state index in [1.54, 1.807) is 18.4 Å². The van der Waals surface area contributed by atoms with Gasteiger partial charge in [-0.05, 0) is 61.5 Å². The van der Waals surface area contributed by atoms with Crippen molar-refractivity contribution < 1.29 is 37.0 Å². The fourth-order valence-corrected chi connectivity index (χ4v) is 5.26. The minimum absolute atomic E-state index is 0.119. The van der Waals surface area contributed by atoms with Crippen molar-refractivity contribution in [2.75, 3.05) is 13.1 Å². The van der Waals surface area contributed by atoms with Crippen LogP contribution < -0.4 is 21.1 Å². The number of ether oxygens (including phenoxy) is 2. The number of amidine groups is 1. The van der Waals surface area contributed by atoms with Crippen molar-refractivity contribution in [3.05, 3.63) is 81.8 Å². The number of rotatable bonds is 11. The van der Waals surface area contributed by atoms with E-state index in [1.807, 2.05) is 0 Å². The van der Waals surface area contributed by atoms with E-state index in [4.69, 9.17) is 15.9 Å². The van der Waals surface area contributed by atoms with E-state index in [0.717, 1.165) is 4.90 Å². The highest BCUT2D eigenvalue weighted by molar-refractivity contribution is 7.10. The zero-order valence-corrected chi connectivity index (χ0v) is 23.1. The highest BCUT2D eigenvalue weighted by Gasteiger charge is 2.41. The highest BCUT2D eigenvalue weighted by atomic mass is 32.1. The first kappa shape index (κ1) is 30.5. The SMILES string of the molecule is C[C@@H](NC(=O)[C@@H]1C[C@@H](OC(F)F)CN1C(=O)CNC(=O)c1ccc(Oc2ccc(F)cc2)cc1)c1cc(C(=N)N)cs1. The van der Waals surface area contributed by atoms with Gasteiger partial charge >= 0.3 is 6.61 Å². The molecular formula is C28H28F3N5O5S. The zero-order valence-electron chi connectivity index (χ0n) is 22.3. The summed E-state index contributed by atoms with van der Waals surface area (Å²) in [5, 5.41) is 14.5. The number of nitrogens with zero attached hydrogens (tertiary/aromatic N) is 1. The molecule has 2 aromatic carbocycles. The van der Waals surface area contributed by atoms with Crippen molar-refractivity contribution in [1.29, 1.82) is 5.41 Å². The summed E-state index contributed by atoms with van der Waals surface area (Å²) in [6.07, 6.45) is -1.23. The number of alkyl halides is 2. The van der Waals surface area contributed by atoms with Crippen molar-refractivity contribution >= 4 is 34.9 Å². The Hall–Kier alpha value is -4.43. The number of carbonyl (C=O) groups excluding carboxylic acids is 3. The fourth-order valence-electron chi connectivity index (χ4n) is 4.34. The maximum absolute atomic E-state index is 13.1. The first-order chi connectivity index (χ1) is 20.0. The largest absolute Gasteiger partial charge is 0.457 e. The van der Waals surface area contributed by atoms with Crippen LogP contribution in [0.2, 0.25) is 0 Å². The van der Waals surface area contributed by atoms with Gasteiger partial charge in [-0.2, -0.15) is 8.78 Å². The number of thiophene rings is 1. The summed E-state index contributed by atoms with van der Waals surface area (Å²) in [6, 6.07) is 11.5. The average Bonchev–Trinajstić information content (AvgIpc) is 3.61. The van der Waals surface area contributed by atoms with Crippen LogP contribution in [0.15, 0.2) is 60.0 Å². The van der Waals surface area contributed by atoms with Gasteiger partial charge in [-0.1, -0.05) is 0 Å². The number of hydrogen-bond acceptors (Lipinski definition) is 7. The number of halogens is 3. The molecule has 5 N–H and O–H groups in total. The molecule has 42 heavy (non-hydrogen) atoms. The molecule has 10 nitrogen and oxygen atoms in total. The minimum atomic E-state index is -3.08. The molecule has 3 amide bonds. The van der Waals surface area contributed by atoms with E-state index in [9.17, 15) is 27.6 Å². The molecule has 222 valence electrons. The van der Waals surface area contributed by atoms with Crippen LogP contribution in [0.4, 0.5) is 13.2 Å². The molecule has 1 aliphatic heterocycles. The van der Waals surface area contributed by atoms with Gasteiger partial charge in [0.05, 0.1) is 18.7 Å². The zero-order chi connectivity index (χ0) is 30.4. The second-order valence-corrected chi connectivity index (χ2v) is 10.4. The summed E-state index contributed by atoms with van der Waals surface area (Å²) in [4.78, 5) is 40.7. The number of amides is 3. The van der Waals surface area contributed by atoms with Crippen LogP contribution in [0.25, 0.3) is 0 Å². The van der Waals surface area contributed by atoms with E-state index in [2.05, 4.69) is 15.4 Å². The van der Waals surface area contributed by atoms with Gasteiger partial charge in [0.1, 0.15) is 29.2 Å². The lowest BCUT2D eigenvalue weighted by Gasteiger charge is -2.25. The molecule has 0 bridgehead atoms. The smallest absolute Gasteiger partial charge is 0.345 e. The standard InChI is InChI=1S/C28H28F3N5O5S/c1-15(23-10-17(14-42-23)25(32)33)35-27(39)22-11-21(41-28(30)31)13-36(22)24(37)12-34-26(38)16-2-6-19(7-3-16)40-20-8-4-18(29)5-9-20/h2-10,14-15,21-22,28H,11-13H2,1H3,(H3,32,33)(H,34,38)(H,35,39)/t15-,21-,22+/m1/s1. The molecule has 1 aromatic heterocycles. The van der Waals surface area contributed by atoms with Gasteiger partial charge < -0.3 is 30.7 Å². The molecule has 3 aromatic rings. The summed E-state index contributed by atoms with van der Waals surface area (Å²) in [7, 11) is 0. The normalized spacial score (nSPS) is 17.1. The molecule has 14 heteroatoms. The summed E-state index contributed by atoms with van der Waals surface area (Å²) < 4.78 is 49.1. The fraction of sp³-hybridized carbons (Fsp3) is 0.286. The van der Waals surface area contributed by atoms with Gasteiger partial charge in [-0.25, -0.2) is 4.39 Å². The van der Waals surface area contributed by atoms with Crippen LogP contribution in [0.1, 0.15) is 40.2 Å². The Kier molecular flexibility index (Phi) is 9.80. The second-order valence-electron chi connectivity index (χ2n) is 9.46. The van der Waals surface area contributed by atoms with Gasteiger partial charge in [0, 0.05) is 34.3 Å². The molecule has 1 aliphatic rings. The Morgan fingerprint density at radius 3 is 2.33 bits per heavy atom. The number of hydrogen-bond donors (Lipinski definition) is 4. The van der Waals surface area contributed by atoms with Gasteiger partial charge in [0.15, 0.2) is 0 Å². The number of likely N-dealkylation sites (tertiary alicyclic amines) is 1. The average molecular weight is 604 g/mol. The topological polar surface area (TPSA) is 147 Å². The van der Waals surface area contributed by atoms with E-state index >= 15 is 0 Å². The van der Waals surface area contributed by atoms with Crippen molar-refractivity contribution in [3.63, 3.8) is 0 Å². The van der Waals surface area contributed by atoms with Crippen molar-refractivity contribution in [2.24, 2.45) is 5.73 Å². The van der Waals surface area contributed by atoms with Crippen molar-refractivity contribution in [3.8, 4) is 11.5 Å². The third-order valence-electron chi connectivity index (χ3n) is 6.46. The Morgan fingerprint density at radius 2 is 1.74 bits per heavy atom. The van der Waals surface area contributed by atoms with Crippen LogP contribution >= 0.6 is 11.3 Å². The molecule has 0 unspecified atom stereocenters. The second kappa shape index (κ2) is 13.5. The van der Waals surface area contributed by atoms with E-state index < -0.39 is 54.9 Å². The first-order valence-corrected chi connectivity index (χ1v) is 13.7. The third kappa shape index (κ3) is 7.85. The van der Waals surface area contributed by atoms with Crippen LogP contribution in [-0.4, -0.2) is 60.3 Å².